The van der Waals surface area contributed by atoms with Gasteiger partial charge in [0.15, 0.2) is 0 Å². The molecular formula is C28H16F18NSn+. The molecule has 262 valence electrons. The van der Waals surface area contributed by atoms with E-state index in [2.05, 4.69) is 24.0 Å². The van der Waals surface area contributed by atoms with Crippen molar-refractivity contribution in [2.24, 2.45) is 0 Å². The van der Waals surface area contributed by atoms with Gasteiger partial charge in [-0.2, -0.15) is 84.0 Å². The molecule has 0 saturated heterocycles. The summed E-state index contributed by atoms with van der Waals surface area (Å²) in [5.74, 6) is 0. The van der Waals surface area contributed by atoms with Crippen molar-refractivity contribution in [2.75, 3.05) is 0 Å². The third kappa shape index (κ3) is 13.4. The van der Waals surface area contributed by atoms with Crippen molar-refractivity contribution in [3.63, 3.8) is 0 Å². The predicted molar refractivity (Wildman–Crippen MR) is 133 cm³/mol. The second-order valence-corrected chi connectivity index (χ2v) is 9.28. The van der Waals surface area contributed by atoms with Gasteiger partial charge in [0.1, 0.15) is 0 Å². The fraction of sp³-hybridized carbons (Fsp3) is 0.321. The fourth-order valence-corrected chi connectivity index (χ4v) is 3.46. The van der Waals surface area contributed by atoms with E-state index in [1.54, 1.807) is 0 Å². The van der Waals surface area contributed by atoms with E-state index in [0.29, 0.717) is 0 Å². The largest absolute Gasteiger partial charge is 0.417 e. The average Bonchev–Trinajstić information content (AvgIpc) is 2.85. The first-order valence-electron chi connectivity index (χ1n) is 11.9. The Morgan fingerprint density at radius 3 is 0.833 bits per heavy atom. The zero-order valence-corrected chi connectivity index (χ0v) is 26.6. The molecule has 0 saturated carbocycles. The van der Waals surface area contributed by atoms with Crippen LogP contribution in [0.25, 0.3) is 0 Å². The summed E-state index contributed by atoms with van der Waals surface area (Å²) in [6.07, 6.45) is -32.0. The van der Waals surface area contributed by atoms with Gasteiger partial charge in [-0.05, 0) is 57.2 Å². The van der Waals surface area contributed by atoms with E-state index in [0.717, 1.165) is 28.9 Å². The van der Waals surface area contributed by atoms with E-state index in [9.17, 15) is 79.0 Å². The van der Waals surface area contributed by atoms with Crippen LogP contribution in [0, 0.1) is 32.9 Å². The monoisotopic (exact) mass is 828 g/mol. The minimum atomic E-state index is -5.35. The van der Waals surface area contributed by atoms with Gasteiger partial charge < -0.3 is 0 Å². The summed E-state index contributed by atoms with van der Waals surface area (Å²) in [4.78, 5) is 2.44. The molecule has 0 heterocycles. The first-order valence-corrected chi connectivity index (χ1v) is 11.9. The minimum absolute atomic E-state index is 0. The third-order valence-electron chi connectivity index (χ3n) is 5.42. The molecule has 0 aliphatic rings. The average molecular weight is 827 g/mol. The first kappa shape index (κ1) is 44.9. The minimum Gasteiger partial charge on any atom is -0.193 e. The smallest absolute Gasteiger partial charge is 0.193 e. The Kier molecular flexibility index (Phi) is 14.6. The van der Waals surface area contributed by atoms with Gasteiger partial charge in [-0.1, -0.05) is 5.56 Å². The molecule has 0 unspecified atom stereocenters. The molecule has 3 aromatic carbocycles. The summed E-state index contributed by atoms with van der Waals surface area (Å²) < 4.78 is 219. The summed E-state index contributed by atoms with van der Waals surface area (Å²) in [6.45, 7) is 13.1. The molecule has 0 aliphatic carbocycles. The van der Waals surface area contributed by atoms with Crippen molar-refractivity contribution in [3.05, 3.63) is 98.6 Å². The van der Waals surface area contributed by atoms with Gasteiger partial charge in [-0.25, -0.2) is 0 Å². The Bertz CT molecular complexity index is 1270. The van der Waals surface area contributed by atoms with Crippen LogP contribution in [0.15, 0.2) is 36.4 Å². The standard InChI is InChI=1S/C10H12N.2C9H2F9.Sn/c1-7-5-8(2)10(11-4)9(3)6-7;2*10-7(11,12)4-1-5(8(13,14)15)3-6(2-4)9(16,17)18;/h5-6,11H,1-3H3;2*1-2H;/q+1;;;. The van der Waals surface area contributed by atoms with Crippen LogP contribution in [0.3, 0.4) is 0 Å². The van der Waals surface area contributed by atoms with Crippen LogP contribution in [-0.4, -0.2) is 30.6 Å². The van der Waals surface area contributed by atoms with E-state index >= 15 is 0 Å². The summed E-state index contributed by atoms with van der Waals surface area (Å²) >= 11 is 0. The molecule has 3 rings (SSSR count). The van der Waals surface area contributed by atoms with Crippen LogP contribution >= 0.6 is 0 Å². The number of halogens is 18. The zero-order valence-electron chi connectivity index (χ0n) is 23.8. The molecule has 0 aliphatic heterocycles. The van der Waals surface area contributed by atoms with Crippen molar-refractivity contribution in [1.82, 2.24) is 0 Å². The molecule has 0 fully saturated rings. The Morgan fingerprint density at radius 1 is 0.438 bits per heavy atom. The van der Waals surface area contributed by atoms with Gasteiger partial charge in [0.25, 0.3) is 0 Å². The molecule has 0 atom stereocenters. The first-order chi connectivity index (χ1) is 20.8. The number of hydrogen-bond acceptors (Lipinski definition) is 0. The van der Waals surface area contributed by atoms with Crippen molar-refractivity contribution in [1.29, 1.82) is 0 Å². The van der Waals surface area contributed by atoms with Gasteiger partial charge in [0.05, 0.1) is 33.4 Å². The normalized spacial score (nSPS) is 12.6. The second kappa shape index (κ2) is 15.6. The van der Waals surface area contributed by atoms with Crippen molar-refractivity contribution >= 4 is 36.3 Å². The van der Waals surface area contributed by atoms with Crippen molar-refractivity contribution in [3.8, 4) is 0 Å². The van der Waals surface area contributed by atoms with Crippen LogP contribution in [0.2, 0.25) is 0 Å². The van der Waals surface area contributed by atoms with E-state index < -0.39 is 94.7 Å². The summed E-state index contributed by atoms with van der Waals surface area (Å²) in [5.41, 5.74) is -8.09. The van der Waals surface area contributed by atoms with Gasteiger partial charge in [0.2, 0.25) is 5.69 Å². The van der Waals surface area contributed by atoms with Crippen LogP contribution < -0.4 is 4.99 Å². The quantitative estimate of drug-likeness (QED) is 0.143. The predicted octanol–water partition coefficient (Wildman–Crippen LogP) is 9.48. The number of benzene rings is 3. The van der Waals surface area contributed by atoms with E-state index in [1.165, 1.54) is 5.56 Å². The summed E-state index contributed by atoms with van der Waals surface area (Å²) in [6, 6.07) is 4.23. The van der Waals surface area contributed by atoms with Gasteiger partial charge in [-0.3, -0.25) is 0 Å². The van der Waals surface area contributed by atoms with Gasteiger partial charge in [0, 0.05) is 47.2 Å². The van der Waals surface area contributed by atoms with Gasteiger partial charge in [-0.15, -0.1) is 0 Å². The number of alkyl halides is 18. The maximum Gasteiger partial charge on any atom is 0.417 e. The molecule has 8 radical (unpaired) electrons. The number of rotatable bonds is 1. The second-order valence-electron chi connectivity index (χ2n) is 9.28. The van der Waals surface area contributed by atoms with Crippen LogP contribution in [0.5, 0.6) is 0 Å². The molecule has 1 N–H and O–H groups in total. The van der Waals surface area contributed by atoms with E-state index in [4.69, 9.17) is 6.72 Å². The zero-order chi connectivity index (χ0) is 37.1. The molecule has 0 amide bonds. The molecular weight excluding hydrogens is 811 g/mol. The Balaban J connectivity index is 0.000000704. The van der Waals surface area contributed by atoms with Crippen molar-refractivity contribution in [2.45, 2.75) is 57.8 Å². The maximum absolute atomic E-state index is 12.2. The van der Waals surface area contributed by atoms with E-state index in [-0.39, 0.29) is 23.9 Å². The van der Waals surface area contributed by atoms with Gasteiger partial charge >= 0.3 is 43.8 Å². The molecule has 0 bridgehead atoms. The Morgan fingerprint density at radius 2 is 0.667 bits per heavy atom. The van der Waals surface area contributed by atoms with Crippen LogP contribution in [0.4, 0.5) is 84.7 Å². The summed E-state index contributed by atoms with van der Waals surface area (Å²) in [7, 11) is 0. The molecule has 0 spiro atoms. The van der Waals surface area contributed by atoms with E-state index in [1.807, 2.05) is 13.8 Å². The molecule has 0 aromatic heterocycles. The van der Waals surface area contributed by atoms with Crippen LogP contribution in [0.1, 0.15) is 50.1 Å². The molecule has 48 heavy (non-hydrogen) atoms. The van der Waals surface area contributed by atoms with Crippen LogP contribution in [-0.2, 0) is 37.1 Å². The van der Waals surface area contributed by atoms with Crippen molar-refractivity contribution < 1.29 is 84.0 Å². The SMILES string of the molecule is FC(F)(F)c1[c]c(C(F)(F)F)cc(C(F)(F)F)c1.FC(F)(F)c1[c]c(C(F)(F)F)cc(C(F)(F)F)c1.[C]=[NH+]c1c(C)cc(C)cc1C.[Sn]. The Hall–Kier alpha value is -3.13. The molecule has 20 heteroatoms. The number of nitrogens with one attached hydrogen (secondary N) is 1. The third-order valence-corrected chi connectivity index (χ3v) is 5.42. The molecule has 1 nitrogen and oxygen atoms in total. The number of aryl methyl sites for hydroxylation is 3. The maximum atomic E-state index is 12.2. The molecule has 3 aromatic rings. The number of hydrogen-bond donors (Lipinski definition) is 1. The topological polar surface area (TPSA) is 14.0 Å². The summed E-state index contributed by atoms with van der Waals surface area (Å²) in [5, 5.41) is 0. The Labute approximate surface area is 276 Å². The fourth-order valence-electron chi connectivity index (χ4n) is 3.46.